The molecule has 0 saturated heterocycles. The van der Waals surface area contributed by atoms with Gasteiger partial charge in [-0.3, -0.25) is 0 Å². The number of halogens is 1. The summed E-state index contributed by atoms with van der Waals surface area (Å²) in [7, 11) is 1.55. The Labute approximate surface area is 115 Å². The number of carbonyl (C=O) groups excluding carboxylic acids is 1. The van der Waals surface area contributed by atoms with Crippen LogP contribution in [0, 0.1) is 0 Å². The van der Waals surface area contributed by atoms with Crippen LogP contribution < -0.4 is 4.74 Å². The molecule has 0 unspecified atom stereocenters. The predicted octanol–water partition coefficient (Wildman–Crippen LogP) is 3.18. The molecule has 0 bridgehead atoms. The molecular weight excluding hydrogens is 270 g/mol. The highest BCUT2D eigenvalue weighted by Gasteiger charge is 2.16. The Morgan fingerprint density at radius 2 is 2.21 bits per heavy atom. The average molecular weight is 282 g/mol. The average Bonchev–Trinajstić information content (AvgIpc) is 2.88. The summed E-state index contributed by atoms with van der Waals surface area (Å²) in [6.07, 6.45) is 0. The molecule has 0 aliphatic rings. The first-order valence-corrected chi connectivity index (χ1v) is 6.01. The summed E-state index contributed by atoms with van der Waals surface area (Å²) in [5.74, 6) is 0.511. The Balaban J connectivity index is 2.30. The Morgan fingerprint density at radius 3 is 2.84 bits per heavy atom. The number of hydrogen-bond donors (Lipinski definition) is 0. The minimum absolute atomic E-state index is 0.115. The van der Waals surface area contributed by atoms with Crippen LogP contribution in [0.15, 0.2) is 28.8 Å². The van der Waals surface area contributed by atoms with Crippen molar-refractivity contribution in [3.05, 3.63) is 35.0 Å². The van der Waals surface area contributed by atoms with E-state index in [1.54, 1.807) is 32.2 Å². The van der Waals surface area contributed by atoms with E-state index >= 15 is 0 Å². The maximum atomic E-state index is 11.5. The minimum atomic E-state index is -0.526. The van der Waals surface area contributed by atoms with Crippen LogP contribution in [0.25, 0.3) is 11.3 Å². The molecule has 0 aliphatic carbocycles. The summed E-state index contributed by atoms with van der Waals surface area (Å²) in [6, 6.07) is 6.62. The van der Waals surface area contributed by atoms with Gasteiger partial charge in [0, 0.05) is 11.6 Å². The van der Waals surface area contributed by atoms with Crippen LogP contribution in [0.2, 0.25) is 5.02 Å². The van der Waals surface area contributed by atoms with Gasteiger partial charge in [-0.25, -0.2) is 4.79 Å². The second-order valence-electron chi connectivity index (χ2n) is 3.64. The van der Waals surface area contributed by atoms with Gasteiger partial charge in [-0.15, -0.1) is 0 Å². The highest BCUT2D eigenvalue weighted by atomic mass is 35.5. The van der Waals surface area contributed by atoms with Crippen molar-refractivity contribution in [1.29, 1.82) is 0 Å². The quantitative estimate of drug-likeness (QED) is 0.806. The van der Waals surface area contributed by atoms with Crippen LogP contribution >= 0.6 is 11.6 Å². The molecule has 1 heterocycles. The summed E-state index contributed by atoms with van der Waals surface area (Å²) < 4.78 is 15.0. The molecule has 0 spiro atoms. The SMILES string of the molecule is CCOC(=O)c1cc(-c2ccc(OC)cc2Cl)on1. The highest BCUT2D eigenvalue weighted by molar-refractivity contribution is 6.33. The van der Waals surface area contributed by atoms with E-state index in [2.05, 4.69) is 5.16 Å². The van der Waals surface area contributed by atoms with Gasteiger partial charge < -0.3 is 14.0 Å². The molecule has 0 N–H and O–H groups in total. The Bertz CT molecular complexity index is 594. The Kier molecular flexibility index (Phi) is 4.06. The molecule has 0 fully saturated rings. The summed E-state index contributed by atoms with van der Waals surface area (Å²) >= 11 is 6.11. The number of aromatic nitrogens is 1. The smallest absolute Gasteiger partial charge is 0.360 e. The van der Waals surface area contributed by atoms with Gasteiger partial charge in [-0.1, -0.05) is 16.8 Å². The van der Waals surface area contributed by atoms with E-state index in [9.17, 15) is 4.79 Å². The van der Waals surface area contributed by atoms with E-state index in [-0.39, 0.29) is 12.3 Å². The number of esters is 1. The molecule has 19 heavy (non-hydrogen) atoms. The molecule has 0 radical (unpaired) electrons. The molecule has 0 amide bonds. The van der Waals surface area contributed by atoms with Gasteiger partial charge >= 0.3 is 5.97 Å². The predicted molar refractivity (Wildman–Crippen MR) is 69.5 cm³/mol. The number of carbonyl (C=O) groups is 1. The normalized spacial score (nSPS) is 10.3. The van der Waals surface area contributed by atoms with Gasteiger partial charge in [-0.05, 0) is 25.1 Å². The van der Waals surface area contributed by atoms with Gasteiger partial charge in [0.05, 0.1) is 18.7 Å². The first kappa shape index (κ1) is 13.4. The Hall–Kier alpha value is -2.01. The monoisotopic (exact) mass is 281 g/mol. The van der Waals surface area contributed by atoms with E-state index in [0.717, 1.165) is 0 Å². The number of ether oxygens (including phenoxy) is 2. The molecule has 5 nitrogen and oxygen atoms in total. The molecule has 1 aromatic heterocycles. The van der Waals surface area contributed by atoms with Gasteiger partial charge in [0.1, 0.15) is 5.75 Å². The van der Waals surface area contributed by atoms with Crippen LogP contribution in [0.3, 0.4) is 0 Å². The zero-order chi connectivity index (χ0) is 13.8. The van der Waals surface area contributed by atoms with E-state index in [1.165, 1.54) is 6.07 Å². The molecule has 2 aromatic rings. The van der Waals surface area contributed by atoms with Gasteiger partial charge in [0.15, 0.2) is 11.5 Å². The van der Waals surface area contributed by atoms with Crippen molar-refractivity contribution in [2.24, 2.45) is 0 Å². The third-order valence-corrected chi connectivity index (χ3v) is 2.75. The lowest BCUT2D eigenvalue weighted by Crippen LogP contribution is -2.04. The van der Waals surface area contributed by atoms with E-state index in [1.807, 2.05) is 0 Å². The zero-order valence-electron chi connectivity index (χ0n) is 10.5. The summed E-state index contributed by atoms with van der Waals surface area (Å²) in [5.41, 5.74) is 0.745. The lowest BCUT2D eigenvalue weighted by atomic mass is 10.1. The van der Waals surface area contributed by atoms with E-state index < -0.39 is 5.97 Å². The largest absolute Gasteiger partial charge is 0.497 e. The number of rotatable bonds is 4. The number of nitrogens with zero attached hydrogens (tertiary/aromatic N) is 1. The van der Waals surface area contributed by atoms with Crippen molar-refractivity contribution in [1.82, 2.24) is 5.16 Å². The van der Waals surface area contributed by atoms with E-state index in [0.29, 0.717) is 22.1 Å². The standard InChI is InChI=1S/C13H12ClNO4/c1-3-18-13(16)11-7-12(19-15-11)9-5-4-8(17-2)6-10(9)14/h4-7H,3H2,1-2H3. The number of hydrogen-bond acceptors (Lipinski definition) is 5. The molecule has 1 aromatic carbocycles. The van der Waals surface area contributed by atoms with Crippen molar-refractivity contribution in [2.45, 2.75) is 6.92 Å². The minimum Gasteiger partial charge on any atom is -0.497 e. The number of methoxy groups -OCH3 is 1. The van der Waals surface area contributed by atoms with Crippen LogP contribution in [0.4, 0.5) is 0 Å². The zero-order valence-corrected chi connectivity index (χ0v) is 11.2. The van der Waals surface area contributed by atoms with Crippen LogP contribution in [0.5, 0.6) is 5.75 Å². The number of benzene rings is 1. The molecule has 0 aliphatic heterocycles. The fourth-order valence-corrected chi connectivity index (χ4v) is 1.79. The lowest BCUT2D eigenvalue weighted by molar-refractivity contribution is 0.0514. The first-order chi connectivity index (χ1) is 9.15. The van der Waals surface area contributed by atoms with Crippen LogP contribution in [-0.4, -0.2) is 24.8 Å². The molecule has 100 valence electrons. The molecular formula is C13H12ClNO4. The summed E-state index contributed by atoms with van der Waals surface area (Å²) in [6.45, 7) is 2.00. The fourth-order valence-electron chi connectivity index (χ4n) is 1.53. The van der Waals surface area contributed by atoms with Crippen molar-refractivity contribution in [3.8, 4) is 17.1 Å². The molecule has 0 atom stereocenters. The van der Waals surface area contributed by atoms with Gasteiger partial charge in [0.2, 0.25) is 0 Å². The topological polar surface area (TPSA) is 61.6 Å². The fraction of sp³-hybridized carbons (Fsp3) is 0.231. The van der Waals surface area contributed by atoms with Crippen molar-refractivity contribution < 1.29 is 18.8 Å². The van der Waals surface area contributed by atoms with Crippen LogP contribution in [0.1, 0.15) is 17.4 Å². The Morgan fingerprint density at radius 1 is 1.42 bits per heavy atom. The summed E-state index contributed by atoms with van der Waals surface area (Å²) in [5, 5.41) is 4.11. The van der Waals surface area contributed by atoms with Crippen molar-refractivity contribution >= 4 is 17.6 Å². The first-order valence-electron chi connectivity index (χ1n) is 5.63. The van der Waals surface area contributed by atoms with E-state index in [4.69, 9.17) is 25.6 Å². The maximum absolute atomic E-state index is 11.5. The lowest BCUT2D eigenvalue weighted by Gasteiger charge is -2.03. The second kappa shape index (κ2) is 5.75. The summed E-state index contributed by atoms with van der Waals surface area (Å²) in [4.78, 5) is 11.5. The molecule has 2 rings (SSSR count). The van der Waals surface area contributed by atoms with Crippen molar-refractivity contribution in [3.63, 3.8) is 0 Å². The highest BCUT2D eigenvalue weighted by Crippen LogP contribution is 2.31. The second-order valence-corrected chi connectivity index (χ2v) is 4.05. The third kappa shape index (κ3) is 2.88. The maximum Gasteiger partial charge on any atom is 0.360 e. The molecule has 0 saturated carbocycles. The van der Waals surface area contributed by atoms with Gasteiger partial charge in [0.25, 0.3) is 0 Å². The molecule has 6 heteroatoms. The van der Waals surface area contributed by atoms with Gasteiger partial charge in [-0.2, -0.15) is 0 Å². The third-order valence-electron chi connectivity index (χ3n) is 2.44. The van der Waals surface area contributed by atoms with Crippen LogP contribution in [-0.2, 0) is 4.74 Å². The van der Waals surface area contributed by atoms with Crippen molar-refractivity contribution in [2.75, 3.05) is 13.7 Å².